The fourth-order valence-corrected chi connectivity index (χ4v) is 11.5. The highest BCUT2D eigenvalue weighted by Crippen LogP contribution is 2.39. The highest BCUT2D eigenvalue weighted by atomic mass is 32.1. The first-order chi connectivity index (χ1) is 11.1. The molecule has 0 spiro atoms. The third-order valence-corrected chi connectivity index (χ3v) is 15.2. The van der Waals surface area contributed by atoms with Crippen LogP contribution in [0.4, 0.5) is 0 Å². The molecular formula is C19H24S3Si. The normalized spacial score (nSPS) is 12.0. The Morgan fingerprint density at radius 3 is 1.65 bits per heavy atom. The smallest absolute Gasteiger partial charge is 0.0987 e. The van der Waals surface area contributed by atoms with Crippen LogP contribution in [-0.4, -0.2) is 8.07 Å². The number of hydrogen-bond donors (Lipinski definition) is 0. The van der Waals surface area contributed by atoms with E-state index in [0.29, 0.717) is 0 Å². The summed E-state index contributed by atoms with van der Waals surface area (Å²) in [7, 11) is -1.23. The Kier molecular flexibility index (Phi) is 5.26. The lowest BCUT2D eigenvalue weighted by Gasteiger charge is -2.26. The molecule has 0 unspecified atom stereocenters. The minimum Gasteiger partial charge on any atom is -0.144 e. The van der Waals surface area contributed by atoms with E-state index in [-0.39, 0.29) is 0 Å². The van der Waals surface area contributed by atoms with E-state index in [9.17, 15) is 0 Å². The van der Waals surface area contributed by atoms with Gasteiger partial charge in [0.25, 0.3) is 0 Å². The van der Waals surface area contributed by atoms with Gasteiger partial charge in [-0.05, 0) is 41.8 Å². The summed E-state index contributed by atoms with van der Waals surface area (Å²) in [5, 5.41) is 0. The van der Waals surface area contributed by atoms with Gasteiger partial charge in [-0.25, -0.2) is 0 Å². The van der Waals surface area contributed by atoms with E-state index in [1.54, 1.807) is 4.50 Å². The molecule has 0 saturated carbocycles. The van der Waals surface area contributed by atoms with E-state index in [2.05, 4.69) is 75.4 Å². The largest absolute Gasteiger partial charge is 0.144 e. The van der Waals surface area contributed by atoms with Crippen molar-refractivity contribution in [1.29, 1.82) is 0 Å². The van der Waals surface area contributed by atoms with Gasteiger partial charge < -0.3 is 0 Å². The van der Waals surface area contributed by atoms with E-state index < -0.39 is 8.07 Å². The van der Waals surface area contributed by atoms with E-state index in [4.69, 9.17) is 0 Å². The number of rotatable bonds is 6. The van der Waals surface area contributed by atoms with Crippen molar-refractivity contribution in [3.05, 3.63) is 41.3 Å². The summed E-state index contributed by atoms with van der Waals surface area (Å²) >= 11 is 5.88. The Morgan fingerprint density at radius 1 is 0.652 bits per heavy atom. The molecule has 4 heteroatoms. The molecule has 0 fully saturated rings. The second-order valence-corrected chi connectivity index (χ2v) is 15.1. The second-order valence-electron chi connectivity index (χ2n) is 6.08. The first kappa shape index (κ1) is 17.2. The highest BCUT2D eigenvalue weighted by Gasteiger charge is 2.30. The molecule has 0 saturated heterocycles. The van der Waals surface area contributed by atoms with E-state index in [0.717, 1.165) is 0 Å². The maximum atomic E-state index is 2.43. The van der Waals surface area contributed by atoms with Crippen LogP contribution in [0.15, 0.2) is 36.4 Å². The molecule has 0 aliphatic heterocycles. The molecule has 0 aliphatic carbocycles. The van der Waals surface area contributed by atoms with Crippen LogP contribution >= 0.6 is 34.0 Å². The molecule has 3 heterocycles. The van der Waals surface area contributed by atoms with Crippen LogP contribution in [0, 0.1) is 6.92 Å². The van der Waals surface area contributed by atoms with Crippen LogP contribution in [0.2, 0.25) is 18.1 Å². The molecule has 3 aromatic rings. The van der Waals surface area contributed by atoms with Crippen molar-refractivity contribution in [3.63, 3.8) is 0 Å². The summed E-state index contributed by atoms with van der Waals surface area (Å²) in [6.07, 6.45) is 0. The first-order valence-electron chi connectivity index (χ1n) is 8.39. The zero-order chi connectivity index (χ0) is 16.4. The van der Waals surface area contributed by atoms with Gasteiger partial charge in [-0.15, -0.1) is 34.0 Å². The lowest BCUT2D eigenvalue weighted by molar-refractivity contribution is 1.20. The Balaban J connectivity index is 1.91. The summed E-state index contributed by atoms with van der Waals surface area (Å²) < 4.78 is 1.70. The summed E-state index contributed by atoms with van der Waals surface area (Å²) in [6, 6.07) is 17.9. The molecule has 0 aromatic carbocycles. The molecule has 23 heavy (non-hydrogen) atoms. The quantitative estimate of drug-likeness (QED) is 0.398. The van der Waals surface area contributed by atoms with Gasteiger partial charge in [0, 0.05) is 24.4 Å². The van der Waals surface area contributed by atoms with Gasteiger partial charge in [-0.2, -0.15) is 0 Å². The maximum absolute atomic E-state index is 2.43. The molecule has 3 rings (SSSR count). The van der Waals surface area contributed by atoms with Crippen molar-refractivity contribution in [3.8, 4) is 19.5 Å². The van der Waals surface area contributed by atoms with Gasteiger partial charge in [0.1, 0.15) is 0 Å². The van der Waals surface area contributed by atoms with Crippen molar-refractivity contribution < 1.29 is 0 Å². The van der Waals surface area contributed by atoms with Crippen molar-refractivity contribution in [2.75, 3.05) is 0 Å². The van der Waals surface area contributed by atoms with Gasteiger partial charge in [0.05, 0.1) is 8.07 Å². The molecule has 0 aliphatic rings. The zero-order valence-corrected chi connectivity index (χ0v) is 17.8. The Labute approximate surface area is 152 Å². The monoisotopic (exact) mass is 376 g/mol. The fourth-order valence-electron chi connectivity index (χ4n) is 3.20. The van der Waals surface area contributed by atoms with E-state index >= 15 is 0 Å². The van der Waals surface area contributed by atoms with Gasteiger partial charge in [-0.3, -0.25) is 0 Å². The third kappa shape index (κ3) is 3.27. The van der Waals surface area contributed by atoms with Crippen LogP contribution in [-0.2, 0) is 0 Å². The summed E-state index contributed by atoms with van der Waals surface area (Å²) in [5.41, 5.74) is 0. The van der Waals surface area contributed by atoms with E-state index in [1.165, 1.54) is 42.5 Å². The van der Waals surface area contributed by atoms with Crippen molar-refractivity contribution in [2.45, 2.75) is 45.8 Å². The molecule has 3 aromatic heterocycles. The molecular weight excluding hydrogens is 352 g/mol. The van der Waals surface area contributed by atoms with Gasteiger partial charge >= 0.3 is 0 Å². The van der Waals surface area contributed by atoms with E-state index in [1.807, 2.05) is 22.7 Å². The SMILES string of the molecule is CC[Si](CC)(CC)c1ccc(-c2ccc(-c3ccc(C)s3)s2)s1. The van der Waals surface area contributed by atoms with Gasteiger partial charge in [-0.1, -0.05) is 45.0 Å². The minimum absolute atomic E-state index is 1.23. The van der Waals surface area contributed by atoms with Gasteiger partial charge in [0.15, 0.2) is 0 Å². The Morgan fingerprint density at radius 2 is 1.13 bits per heavy atom. The predicted octanol–water partition coefficient (Wildman–Crippen LogP) is 7.23. The molecule has 0 bridgehead atoms. The molecule has 0 amide bonds. The topological polar surface area (TPSA) is 0 Å². The highest BCUT2D eigenvalue weighted by molar-refractivity contribution is 7.32. The standard InChI is InChI=1S/C19H24S3Si/c1-5-23(6-2,7-3)19-13-12-18(22-19)17-11-10-16(21-17)15-9-8-14(4)20-15/h8-13H,5-7H2,1-4H3. The zero-order valence-electron chi connectivity index (χ0n) is 14.3. The Hall–Kier alpha value is -0.683. The average molecular weight is 377 g/mol. The summed E-state index contributed by atoms with van der Waals surface area (Å²) in [5.74, 6) is 0. The number of hydrogen-bond acceptors (Lipinski definition) is 3. The van der Waals surface area contributed by atoms with Crippen LogP contribution in [0.25, 0.3) is 19.5 Å². The van der Waals surface area contributed by atoms with Gasteiger partial charge in [0.2, 0.25) is 0 Å². The Bertz CT molecular complexity index is 766. The molecule has 0 N–H and O–H groups in total. The summed E-state index contributed by atoms with van der Waals surface area (Å²) in [4.78, 5) is 7.07. The van der Waals surface area contributed by atoms with Crippen molar-refractivity contribution in [1.82, 2.24) is 0 Å². The van der Waals surface area contributed by atoms with Crippen LogP contribution in [0.1, 0.15) is 25.6 Å². The second kappa shape index (κ2) is 7.05. The lowest BCUT2D eigenvalue weighted by atomic mass is 10.3. The van der Waals surface area contributed by atoms with Crippen molar-refractivity contribution in [2.24, 2.45) is 0 Å². The van der Waals surface area contributed by atoms with Crippen LogP contribution in [0.5, 0.6) is 0 Å². The van der Waals surface area contributed by atoms with Crippen molar-refractivity contribution >= 4 is 46.6 Å². The third-order valence-electron chi connectivity index (χ3n) is 4.99. The molecule has 0 nitrogen and oxygen atoms in total. The minimum atomic E-state index is -1.23. The first-order valence-corrected chi connectivity index (χ1v) is 13.5. The predicted molar refractivity (Wildman–Crippen MR) is 113 cm³/mol. The average Bonchev–Trinajstić information content (AvgIpc) is 3.29. The van der Waals surface area contributed by atoms with Crippen LogP contribution in [0.3, 0.4) is 0 Å². The van der Waals surface area contributed by atoms with Crippen LogP contribution < -0.4 is 4.50 Å². The molecule has 122 valence electrons. The fraction of sp³-hybridized carbons (Fsp3) is 0.368. The molecule has 0 atom stereocenters. The lowest BCUT2D eigenvalue weighted by Crippen LogP contribution is -2.43. The number of aryl methyl sites for hydroxylation is 1. The molecule has 0 radical (unpaired) electrons. The maximum Gasteiger partial charge on any atom is 0.0987 e. The summed E-state index contributed by atoms with van der Waals surface area (Å²) in [6.45, 7) is 9.35. The number of thiophene rings is 3.